The van der Waals surface area contributed by atoms with E-state index in [9.17, 15) is 10.2 Å². The molecule has 4 aromatic carbocycles. The SMILES string of the molecule is C=CCCCC(O)(CC1CCCC1(O)[Si](C)(c1ccccc1)c1ccccc1)[Si](C)(c1ccccc1)c1ccccc1. The summed E-state index contributed by atoms with van der Waals surface area (Å²) in [6, 6.07) is 42.8. The molecule has 2 N–H and O–H groups in total. The van der Waals surface area contributed by atoms with Crippen molar-refractivity contribution in [2.24, 2.45) is 5.92 Å². The molecule has 2 nitrogen and oxygen atoms in total. The minimum Gasteiger partial charge on any atom is -0.393 e. The van der Waals surface area contributed by atoms with Gasteiger partial charge in [0.15, 0.2) is 0 Å². The second kappa shape index (κ2) is 12.7. The highest BCUT2D eigenvalue weighted by atomic mass is 28.3. The van der Waals surface area contributed by atoms with Crippen molar-refractivity contribution < 1.29 is 10.2 Å². The molecule has 0 amide bonds. The van der Waals surface area contributed by atoms with Crippen LogP contribution in [0.4, 0.5) is 0 Å². The molecule has 0 spiro atoms. The van der Waals surface area contributed by atoms with E-state index in [-0.39, 0.29) is 5.92 Å². The Bertz CT molecular complexity index is 1350. The maximum absolute atomic E-state index is 13.3. The molecule has 0 heterocycles. The first-order valence-electron chi connectivity index (χ1n) is 15.6. The van der Waals surface area contributed by atoms with Gasteiger partial charge in [-0.05, 0) is 44.4 Å². The summed E-state index contributed by atoms with van der Waals surface area (Å²) in [5.74, 6) is -0.0115. The molecule has 3 atom stereocenters. The van der Waals surface area contributed by atoms with Gasteiger partial charge in [-0.25, -0.2) is 0 Å². The maximum atomic E-state index is 13.3. The van der Waals surface area contributed by atoms with Gasteiger partial charge in [0.05, 0.1) is 10.4 Å². The smallest absolute Gasteiger partial charge is 0.149 e. The summed E-state index contributed by atoms with van der Waals surface area (Å²) in [5, 5.41) is 29.6. The van der Waals surface area contributed by atoms with Crippen molar-refractivity contribution in [1.29, 1.82) is 0 Å². The second-order valence-corrected chi connectivity index (χ2v) is 21.3. The van der Waals surface area contributed by atoms with Gasteiger partial charge in [-0.1, -0.05) is 168 Å². The summed E-state index contributed by atoms with van der Waals surface area (Å²) < 4.78 is 0. The predicted octanol–water partition coefficient (Wildman–Crippen LogP) is 5.86. The number of aliphatic hydroxyl groups is 2. The molecule has 1 fully saturated rings. The van der Waals surface area contributed by atoms with Gasteiger partial charge in [0.1, 0.15) is 16.1 Å². The summed E-state index contributed by atoms with van der Waals surface area (Å²) in [6.45, 7) is 8.69. The maximum Gasteiger partial charge on any atom is 0.149 e. The van der Waals surface area contributed by atoms with Crippen LogP contribution in [0.1, 0.15) is 44.9 Å². The van der Waals surface area contributed by atoms with E-state index in [2.05, 4.69) is 141 Å². The Labute approximate surface area is 254 Å². The molecule has 0 aromatic heterocycles. The highest BCUT2D eigenvalue weighted by Gasteiger charge is 2.61. The third-order valence-corrected chi connectivity index (χ3v) is 21.2. The standard InChI is InChI=1S/C38H46O2Si2/c1-4-5-18-29-37(39,41(2,33-21-10-6-11-22-33)34-23-12-7-13-24-34)31-32-20-19-30-38(32,40)42(3,35-25-14-8-15-26-35)36-27-16-9-17-28-36/h4,6-17,21-28,32,39-40H,1,5,18-20,29-31H2,2-3H3. The molecule has 0 bridgehead atoms. The van der Waals surface area contributed by atoms with Crippen molar-refractivity contribution in [2.45, 2.75) is 68.5 Å². The van der Waals surface area contributed by atoms with Crippen LogP contribution in [0.5, 0.6) is 0 Å². The van der Waals surface area contributed by atoms with Crippen LogP contribution in [0.15, 0.2) is 134 Å². The molecule has 4 aromatic rings. The van der Waals surface area contributed by atoms with Gasteiger partial charge in [0.2, 0.25) is 0 Å². The van der Waals surface area contributed by atoms with Gasteiger partial charge in [0.25, 0.3) is 0 Å². The largest absolute Gasteiger partial charge is 0.393 e. The van der Waals surface area contributed by atoms with E-state index in [0.29, 0.717) is 12.8 Å². The van der Waals surface area contributed by atoms with E-state index in [4.69, 9.17) is 0 Å². The van der Waals surface area contributed by atoms with Crippen LogP contribution in [0.25, 0.3) is 0 Å². The summed E-state index contributed by atoms with van der Waals surface area (Å²) in [7, 11) is -5.40. The zero-order valence-electron chi connectivity index (χ0n) is 25.3. The van der Waals surface area contributed by atoms with Gasteiger partial charge in [-0.2, -0.15) is 0 Å². The van der Waals surface area contributed by atoms with Gasteiger partial charge in [-0.3, -0.25) is 0 Å². The van der Waals surface area contributed by atoms with E-state index < -0.39 is 26.6 Å². The lowest BCUT2D eigenvalue weighted by atomic mass is 9.94. The lowest BCUT2D eigenvalue weighted by molar-refractivity contribution is 0.0184. The second-order valence-electron chi connectivity index (χ2n) is 12.6. The lowest BCUT2D eigenvalue weighted by Gasteiger charge is -2.51. The minimum absolute atomic E-state index is 0.0115. The van der Waals surface area contributed by atoms with Crippen LogP contribution < -0.4 is 20.7 Å². The van der Waals surface area contributed by atoms with E-state index in [1.807, 2.05) is 6.08 Å². The van der Waals surface area contributed by atoms with Crippen LogP contribution >= 0.6 is 0 Å². The normalized spacial score (nSPS) is 20.6. The number of hydrogen-bond acceptors (Lipinski definition) is 2. The Morgan fingerprint density at radius 1 is 0.762 bits per heavy atom. The van der Waals surface area contributed by atoms with Crippen molar-refractivity contribution in [3.63, 3.8) is 0 Å². The zero-order valence-corrected chi connectivity index (χ0v) is 27.3. The highest BCUT2D eigenvalue weighted by Crippen LogP contribution is 2.48. The molecule has 42 heavy (non-hydrogen) atoms. The molecule has 0 saturated heterocycles. The first-order valence-corrected chi connectivity index (χ1v) is 20.6. The molecule has 1 aliphatic rings. The fourth-order valence-corrected chi connectivity index (χ4v) is 17.2. The zero-order chi connectivity index (χ0) is 29.7. The van der Waals surface area contributed by atoms with E-state index >= 15 is 0 Å². The van der Waals surface area contributed by atoms with Gasteiger partial charge >= 0.3 is 0 Å². The third-order valence-electron chi connectivity index (χ3n) is 10.6. The molecular weight excluding hydrogens is 545 g/mol. The molecule has 3 unspecified atom stereocenters. The average molecular weight is 591 g/mol. The van der Waals surface area contributed by atoms with Crippen LogP contribution in [-0.4, -0.2) is 36.8 Å². The molecule has 1 aliphatic carbocycles. The van der Waals surface area contributed by atoms with Gasteiger partial charge in [0, 0.05) is 0 Å². The van der Waals surface area contributed by atoms with Crippen LogP contribution in [-0.2, 0) is 0 Å². The average Bonchev–Trinajstić information content (AvgIpc) is 3.42. The Morgan fingerprint density at radius 3 is 1.62 bits per heavy atom. The Morgan fingerprint density at radius 2 is 1.19 bits per heavy atom. The highest BCUT2D eigenvalue weighted by molar-refractivity contribution is 7.04. The quantitative estimate of drug-likeness (QED) is 0.123. The monoisotopic (exact) mass is 590 g/mol. The lowest BCUT2D eigenvalue weighted by Crippen LogP contribution is -2.75. The molecule has 1 saturated carbocycles. The van der Waals surface area contributed by atoms with Crippen molar-refractivity contribution in [3.05, 3.63) is 134 Å². The fourth-order valence-electron chi connectivity index (χ4n) is 7.95. The molecule has 5 rings (SSSR count). The summed E-state index contributed by atoms with van der Waals surface area (Å²) in [5.41, 5.74) is 0. The molecular formula is C38H46O2Si2. The number of hydrogen-bond donors (Lipinski definition) is 2. The Balaban J connectivity index is 1.66. The fraction of sp³-hybridized carbons (Fsp3) is 0.316. The van der Waals surface area contributed by atoms with Crippen molar-refractivity contribution in [3.8, 4) is 0 Å². The van der Waals surface area contributed by atoms with Crippen molar-refractivity contribution in [2.75, 3.05) is 0 Å². The number of rotatable bonds is 12. The minimum atomic E-state index is -2.73. The van der Waals surface area contributed by atoms with E-state index in [1.54, 1.807) is 0 Å². The van der Waals surface area contributed by atoms with Gasteiger partial charge in [-0.15, -0.1) is 6.58 Å². The predicted molar refractivity (Wildman–Crippen MR) is 183 cm³/mol. The van der Waals surface area contributed by atoms with Crippen LogP contribution in [0.2, 0.25) is 13.1 Å². The number of unbranched alkanes of at least 4 members (excludes halogenated alkanes) is 1. The number of benzene rings is 4. The summed E-state index contributed by atoms with van der Waals surface area (Å²) in [4.78, 5) is 0. The molecule has 218 valence electrons. The number of allylic oxidation sites excluding steroid dienone is 1. The van der Waals surface area contributed by atoms with Crippen LogP contribution in [0.3, 0.4) is 0 Å². The Kier molecular flexibility index (Phi) is 9.19. The molecule has 4 heteroatoms. The van der Waals surface area contributed by atoms with Gasteiger partial charge < -0.3 is 10.2 Å². The summed E-state index contributed by atoms with van der Waals surface area (Å²) in [6.07, 6.45) is 7.65. The Hall–Kier alpha value is -3.03. The van der Waals surface area contributed by atoms with Crippen molar-refractivity contribution >= 4 is 36.9 Å². The third kappa shape index (κ3) is 5.30. The summed E-state index contributed by atoms with van der Waals surface area (Å²) >= 11 is 0. The van der Waals surface area contributed by atoms with E-state index in [0.717, 1.165) is 32.1 Å². The topological polar surface area (TPSA) is 40.5 Å². The van der Waals surface area contributed by atoms with E-state index in [1.165, 1.54) is 20.7 Å². The first kappa shape index (κ1) is 30.4. The van der Waals surface area contributed by atoms with Crippen molar-refractivity contribution in [1.82, 2.24) is 0 Å². The van der Waals surface area contributed by atoms with Crippen LogP contribution in [0, 0.1) is 5.92 Å². The molecule has 0 radical (unpaired) electrons. The first-order chi connectivity index (χ1) is 20.3. The molecule has 0 aliphatic heterocycles.